The molecule has 0 bridgehead atoms. The number of ether oxygens (including phenoxy) is 4. The van der Waals surface area contributed by atoms with Gasteiger partial charge in [-0.1, -0.05) is 30.3 Å². The van der Waals surface area contributed by atoms with Crippen LogP contribution in [-0.4, -0.2) is 33.3 Å². The summed E-state index contributed by atoms with van der Waals surface area (Å²) in [7, 11) is 4.02. The summed E-state index contributed by atoms with van der Waals surface area (Å²) >= 11 is 0. The van der Waals surface area contributed by atoms with E-state index in [9.17, 15) is 9.59 Å². The van der Waals surface area contributed by atoms with Gasteiger partial charge in [-0.3, -0.25) is 0 Å². The second-order valence-corrected chi connectivity index (χ2v) is 4.83. The minimum Gasteiger partial charge on any atom is -0.465 e. The first-order valence-electron chi connectivity index (χ1n) is 7.15. The molecule has 0 aliphatic heterocycles. The molecule has 0 aromatic heterocycles. The van der Waals surface area contributed by atoms with Crippen LogP contribution in [0.2, 0.25) is 0 Å². The van der Waals surface area contributed by atoms with Crippen LogP contribution in [-0.2, 0) is 14.2 Å². The Morgan fingerprint density at radius 3 is 1.83 bits per heavy atom. The standard InChI is InChI=1S/C18H18O6/c1-21-16(19)13-9-14(17(20)22-2)11-15(10-13)24-18(23-3)12-7-5-4-6-8-12/h4-11,18H,1-3H3. The second-order valence-electron chi connectivity index (χ2n) is 4.83. The van der Waals surface area contributed by atoms with Gasteiger partial charge in [-0.15, -0.1) is 0 Å². The molecule has 2 aromatic rings. The van der Waals surface area contributed by atoms with Gasteiger partial charge >= 0.3 is 11.9 Å². The first kappa shape index (κ1) is 17.5. The number of rotatable bonds is 6. The highest BCUT2D eigenvalue weighted by molar-refractivity contribution is 5.96. The number of carbonyl (C=O) groups excluding carboxylic acids is 2. The van der Waals surface area contributed by atoms with E-state index < -0.39 is 18.2 Å². The fourth-order valence-electron chi connectivity index (χ4n) is 2.12. The summed E-state index contributed by atoms with van der Waals surface area (Å²) in [5.41, 5.74) is 1.15. The Kier molecular flexibility index (Phi) is 5.92. The molecule has 0 aliphatic carbocycles. The highest BCUT2D eigenvalue weighted by Crippen LogP contribution is 2.25. The first-order valence-corrected chi connectivity index (χ1v) is 7.15. The topological polar surface area (TPSA) is 71.1 Å². The van der Waals surface area contributed by atoms with Gasteiger partial charge in [0.05, 0.1) is 25.3 Å². The van der Waals surface area contributed by atoms with Crippen molar-refractivity contribution in [3.63, 3.8) is 0 Å². The summed E-state index contributed by atoms with van der Waals surface area (Å²) in [6.07, 6.45) is -0.690. The molecule has 2 rings (SSSR count). The van der Waals surface area contributed by atoms with Gasteiger partial charge in [-0.2, -0.15) is 0 Å². The number of methoxy groups -OCH3 is 3. The van der Waals surface area contributed by atoms with Gasteiger partial charge in [-0.25, -0.2) is 9.59 Å². The minimum absolute atomic E-state index is 0.179. The van der Waals surface area contributed by atoms with E-state index in [2.05, 4.69) is 0 Å². The normalized spacial score (nSPS) is 11.5. The highest BCUT2D eigenvalue weighted by Gasteiger charge is 2.17. The van der Waals surface area contributed by atoms with Crippen LogP contribution in [0.4, 0.5) is 0 Å². The Balaban J connectivity index is 2.37. The van der Waals surface area contributed by atoms with E-state index in [0.29, 0.717) is 0 Å². The average molecular weight is 330 g/mol. The van der Waals surface area contributed by atoms with E-state index in [-0.39, 0.29) is 16.9 Å². The largest absolute Gasteiger partial charge is 0.465 e. The van der Waals surface area contributed by atoms with Crippen molar-refractivity contribution in [2.24, 2.45) is 0 Å². The number of hydrogen-bond donors (Lipinski definition) is 0. The molecule has 0 spiro atoms. The van der Waals surface area contributed by atoms with Gasteiger partial charge in [0.2, 0.25) is 6.29 Å². The third-order valence-corrected chi connectivity index (χ3v) is 3.28. The zero-order valence-corrected chi connectivity index (χ0v) is 13.6. The molecule has 0 aliphatic rings. The lowest BCUT2D eigenvalue weighted by Gasteiger charge is -2.18. The van der Waals surface area contributed by atoms with Crippen molar-refractivity contribution in [3.05, 3.63) is 65.2 Å². The zero-order valence-electron chi connectivity index (χ0n) is 13.6. The van der Waals surface area contributed by atoms with Gasteiger partial charge < -0.3 is 18.9 Å². The minimum atomic E-state index is -0.690. The smallest absolute Gasteiger partial charge is 0.338 e. The summed E-state index contributed by atoms with van der Waals surface area (Å²) in [6, 6.07) is 13.6. The van der Waals surface area contributed by atoms with Crippen molar-refractivity contribution in [1.29, 1.82) is 0 Å². The molecule has 6 nitrogen and oxygen atoms in total. The van der Waals surface area contributed by atoms with Gasteiger partial charge in [0.1, 0.15) is 5.75 Å². The summed E-state index contributed by atoms with van der Waals surface area (Å²) in [5, 5.41) is 0. The molecule has 2 aromatic carbocycles. The molecule has 24 heavy (non-hydrogen) atoms. The van der Waals surface area contributed by atoms with E-state index in [1.165, 1.54) is 39.5 Å². The third kappa shape index (κ3) is 4.11. The summed E-state index contributed by atoms with van der Waals surface area (Å²) < 4.78 is 20.5. The van der Waals surface area contributed by atoms with Gasteiger partial charge in [-0.05, 0) is 18.2 Å². The fourth-order valence-corrected chi connectivity index (χ4v) is 2.12. The maximum Gasteiger partial charge on any atom is 0.338 e. The van der Waals surface area contributed by atoms with Crippen LogP contribution in [0.25, 0.3) is 0 Å². The Morgan fingerprint density at radius 2 is 1.38 bits per heavy atom. The van der Waals surface area contributed by atoms with Crippen molar-refractivity contribution in [1.82, 2.24) is 0 Å². The monoisotopic (exact) mass is 330 g/mol. The molecule has 0 radical (unpaired) electrons. The Hall–Kier alpha value is -2.86. The fraction of sp³-hybridized carbons (Fsp3) is 0.222. The SMILES string of the molecule is COC(=O)c1cc(OC(OC)c2ccccc2)cc(C(=O)OC)c1. The first-order chi connectivity index (χ1) is 11.6. The molecule has 0 heterocycles. The van der Waals surface area contributed by atoms with Crippen molar-refractivity contribution >= 4 is 11.9 Å². The number of esters is 2. The zero-order chi connectivity index (χ0) is 17.5. The number of benzene rings is 2. The Bertz CT molecular complexity index is 676. The predicted octanol–water partition coefficient (Wildman–Crippen LogP) is 2.98. The van der Waals surface area contributed by atoms with Crippen molar-refractivity contribution in [2.45, 2.75) is 6.29 Å². The van der Waals surface area contributed by atoms with E-state index in [1.54, 1.807) is 0 Å². The van der Waals surface area contributed by atoms with Crippen LogP contribution < -0.4 is 4.74 Å². The van der Waals surface area contributed by atoms with Crippen LogP contribution >= 0.6 is 0 Å². The quantitative estimate of drug-likeness (QED) is 0.599. The van der Waals surface area contributed by atoms with Gasteiger partial charge in [0.15, 0.2) is 0 Å². The highest BCUT2D eigenvalue weighted by atomic mass is 16.7. The Labute approximate surface area is 139 Å². The Morgan fingerprint density at radius 1 is 0.833 bits per heavy atom. The third-order valence-electron chi connectivity index (χ3n) is 3.28. The molecule has 0 amide bonds. The molecular weight excluding hydrogens is 312 g/mol. The maximum absolute atomic E-state index is 11.8. The summed E-state index contributed by atoms with van der Waals surface area (Å²) in [6.45, 7) is 0. The second kappa shape index (κ2) is 8.12. The van der Waals surface area contributed by atoms with Crippen LogP contribution in [0.3, 0.4) is 0 Å². The summed E-state index contributed by atoms with van der Waals surface area (Å²) in [5.74, 6) is -0.882. The molecule has 1 atom stereocenters. The van der Waals surface area contributed by atoms with E-state index in [0.717, 1.165) is 5.56 Å². The van der Waals surface area contributed by atoms with E-state index >= 15 is 0 Å². The van der Waals surface area contributed by atoms with Crippen LogP contribution in [0, 0.1) is 0 Å². The van der Waals surface area contributed by atoms with Crippen molar-refractivity contribution < 1.29 is 28.5 Å². The molecule has 1 unspecified atom stereocenters. The number of carbonyl (C=O) groups is 2. The maximum atomic E-state index is 11.8. The predicted molar refractivity (Wildman–Crippen MR) is 85.9 cm³/mol. The molecule has 126 valence electrons. The molecule has 0 saturated carbocycles. The number of hydrogen-bond acceptors (Lipinski definition) is 6. The summed E-state index contributed by atoms with van der Waals surface area (Å²) in [4.78, 5) is 23.6. The van der Waals surface area contributed by atoms with Crippen molar-refractivity contribution in [3.8, 4) is 5.75 Å². The van der Waals surface area contributed by atoms with Crippen LogP contribution in [0.1, 0.15) is 32.6 Å². The van der Waals surface area contributed by atoms with Crippen molar-refractivity contribution in [2.75, 3.05) is 21.3 Å². The molecule has 0 N–H and O–H groups in total. The van der Waals surface area contributed by atoms with Gasteiger partial charge in [0.25, 0.3) is 0 Å². The van der Waals surface area contributed by atoms with E-state index in [4.69, 9.17) is 18.9 Å². The molecular formula is C18H18O6. The van der Waals surface area contributed by atoms with E-state index in [1.807, 2.05) is 30.3 Å². The lowest BCUT2D eigenvalue weighted by molar-refractivity contribution is -0.0563. The average Bonchev–Trinajstić information content (AvgIpc) is 2.65. The molecule has 0 fully saturated rings. The van der Waals surface area contributed by atoms with Gasteiger partial charge in [0, 0.05) is 12.7 Å². The lowest BCUT2D eigenvalue weighted by atomic mass is 10.1. The van der Waals surface area contributed by atoms with Crippen LogP contribution in [0.15, 0.2) is 48.5 Å². The lowest BCUT2D eigenvalue weighted by Crippen LogP contribution is -2.12. The molecule has 0 saturated heterocycles. The molecule has 6 heteroatoms. The van der Waals surface area contributed by atoms with Crippen LogP contribution in [0.5, 0.6) is 5.75 Å².